The van der Waals surface area contributed by atoms with Crippen LogP contribution in [0.1, 0.15) is 95.9 Å². The van der Waals surface area contributed by atoms with Crippen molar-refractivity contribution in [1.29, 1.82) is 0 Å². The molecule has 11 heteroatoms. The number of hydrogen-bond donors (Lipinski definition) is 1. The average molecular weight is 774 g/mol. The van der Waals surface area contributed by atoms with Crippen molar-refractivity contribution in [1.82, 2.24) is 19.5 Å². The summed E-state index contributed by atoms with van der Waals surface area (Å²) in [6.07, 6.45) is 7.56. The molecule has 56 heavy (non-hydrogen) atoms. The number of fused-ring (bicyclic) bond motifs is 4. The molecule has 1 N–H and O–H groups in total. The molecule has 0 unspecified atom stereocenters. The Morgan fingerprint density at radius 2 is 1.48 bits per heavy atom. The zero-order chi connectivity index (χ0) is 38.7. The molecule has 0 radical (unpaired) electrons. The summed E-state index contributed by atoms with van der Waals surface area (Å²) >= 11 is 1.69. The van der Waals surface area contributed by atoms with Crippen LogP contribution in [0.3, 0.4) is 0 Å². The fraction of sp³-hybridized carbons (Fsp3) is 0.467. The van der Waals surface area contributed by atoms with Gasteiger partial charge in [0.05, 0.1) is 25.1 Å². The third-order valence-corrected chi connectivity index (χ3v) is 13.1. The quantitative estimate of drug-likeness (QED) is 0.110. The number of ether oxygens (including phenoxy) is 4. The van der Waals surface area contributed by atoms with Gasteiger partial charge in [-0.15, -0.1) is 0 Å². The number of carbonyl (C=O) groups is 1. The Morgan fingerprint density at radius 1 is 0.875 bits per heavy atom. The molecule has 3 aromatic carbocycles. The molecule has 4 fully saturated rings. The lowest BCUT2D eigenvalue weighted by atomic mass is 9.80. The first-order valence-corrected chi connectivity index (χ1v) is 20.9. The molecule has 2 aromatic heterocycles. The molecule has 4 aliphatic rings. The molecule has 1 amide bonds. The van der Waals surface area contributed by atoms with E-state index in [2.05, 4.69) is 82.7 Å². The molecule has 10 nitrogen and oxygen atoms in total. The summed E-state index contributed by atoms with van der Waals surface area (Å²) in [6, 6.07) is 31.4. The minimum absolute atomic E-state index is 0.133. The Balaban J connectivity index is 1.11. The van der Waals surface area contributed by atoms with Crippen LogP contribution in [-0.2, 0) is 24.5 Å². The SMILES string of the molecule is CC(C)(C)OC(=O)Nc1nc(SC2CCCCC2)nc2c1ncn2[C@H]1[C@@H]2OC(C)(C)O[C@@H]2[C@]2(COC(c3ccccc3)(c3ccccc3)c3ccccc3)C[C@H]12. The van der Waals surface area contributed by atoms with E-state index in [1.165, 1.54) is 19.3 Å². The van der Waals surface area contributed by atoms with E-state index < -0.39 is 23.1 Å². The van der Waals surface area contributed by atoms with Gasteiger partial charge >= 0.3 is 6.09 Å². The van der Waals surface area contributed by atoms with Crippen LogP contribution in [0, 0.1) is 11.3 Å². The molecule has 5 aromatic rings. The second-order valence-electron chi connectivity index (χ2n) is 17.3. The summed E-state index contributed by atoms with van der Waals surface area (Å²) in [6.45, 7) is 9.97. The molecular weight excluding hydrogens is 723 g/mol. The van der Waals surface area contributed by atoms with E-state index in [-0.39, 0.29) is 29.6 Å². The second kappa shape index (κ2) is 14.3. The lowest BCUT2D eigenvalue weighted by molar-refractivity contribution is -0.166. The molecule has 3 heterocycles. The van der Waals surface area contributed by atoms with Crippen LogP contribution in [-0.4, -0.2) is 61.1 Å². The number of rotatable bonds is 10. The number of aromatic nitrogens is 4. The molecule has 0 spiro atoms. The minimum atomic E-state index is -0.864. The lowest BCUT2D eigenvalue weighted by Gasteiger charge is -2.38. The number of nitrogens with zero attached hydrogens (tertiary/aromatic N) is 4. The summed E-state index contributed by atoms with van der Waals surface area (Å²) in [4.78, 5) is 28.0. The van der Waals surface area contributed by atoms with Crippen LogP contribution >= 0.6 is 11.8 Å². The number of nitrogens with one attached hydrogen (secondary N) is 1. The first-order chi connectivity index (χ1) is 27.0. The summed E-state index contributed by atoms with van der Waals surface area (Å²) in [5, 5.41) is 3.96. The molecular formula is C45H51N5O5S. The maximum atomic E-state index is 13.1. The number of amides is 1. The third kappa shape index (κ3) is 6.80. The zero-order valence-corrected chi connectivity index (χ0v) is 33.6. The van der Waals surface area contributed by atoms with Gasteiger partial charge in [0.25, 0.3) is 0 Å². The number of anilines is 1. The highest BCUT2D eigenvalue weighted by atomic mass is 32.2. The van der Waals surface area contributed by atoms with Gasteiger partial charge in [-0.2, -0.15) is 0 Å². The minimum Gasteiger partial charge on any atom is -0.444 e. The zero-order valence-electron chi connectivity index (χ0n) is 32.8. The fourth-order valence-electron chi connectivity index (χ4n) is 9.45. The van der Waals surface area contributed by atoms with Crippen LogP contribution in [0.2, 0.25) is 0 Å². The molecule has 3 aliphatic carbocycles. The number of imidazole rings is 1. The van der Waals surface area contributed by atoms with Gasteiger partial charge in [0.2, 0.25) is 0 Å². The molecule has 0 bridgehead atoms. The number of thioether (sulfide) groups is 1. The summed E-state index contributed by atoms with van der Waals surface area (Å²) in [5.41, 5.74) is 2.51. The molecule has 1 aliphatic heterocycles. The van der Waals surface area contributed by atoms with Crippen molar-refractivity contribution < 1.29 is 23.7 Å². The van der Waals surface area contributed by atoms with Gasteiger partial charge in [0.1, 0.15) is 17.3 Å². The second-order valence-corrected chi connectivity index (χ2v) is 18.6. The molecule has 5 atom stereocenters. The maximum absolute atomic E-state index is 13.1. The Labute approximate surface area is 333 Å². The van der Waals surface area contributed by atoms with E-state index in [1.54, 1.807) is 11.8 Å². The van der Waals surface area contributed by atoms with Crippen molar-refractivity contribution in [2.45, 2.75) is 119 Å². The first kappa shape index (κ1) is 37.3. The monoisotopic (exact) mass is 773 g/mol. The van der Waals surface area contributed by atoms with Crippen LogP contribution in [0.4, 0.5) is 10.6 Å². The Hall–Kier alpha value is -4.29. The van der Waals surface area contributed by atoms with Crippen LogP contribution < -0.4 is 5.32 Å². The highest BCUT2D eigenvalue weighted by Crippen LogP contribution is 2.72. The largest absolute Gasteiger partial charge is 0.444 e. The number of hydrogen-bond acceptors (Lipinski definition) is 9. The Morgan fingerprint density at radius 3 is 2.07 bits per heavy atom. The highest BCUT2D eigenvalue weighted by Gasteiger charge is 2.76. The van der Waals surface area contributed by atoms with Crippen molar-refractivity contribution in [3.63, 3.8) is 0 Å². The Bertz CT molecular complexity index is 2090. The summed E-state index contributed by atoms with van der Waals surface area (Å²) in [7, 11) is 0. The normalized spacial score (nSPS) is 25.8. The van der Waals surface area contributed by atoms with E-state index >= 15 is 0 Å². The third-order valence-electron chi connectivity index (χ3n) is 11.9. The molecule has 9 rings (SSSR count). The number of carbonyl (C=O) groups excluding carboxylic acids is 1. The smallest absolute Gasteiger partial charge is 0.413 e. The summed E-state index contributed by atoms with van der Waals surface area (Å²) < 4.78 is 29.0. The van der Waals surface area contributed by atoms with Crippen LogP contribution in [0.5, 0.6) is 0 Å². The van der Waals surface area contributed by atoms with E-state index in [0.29, 0.717) is 34.0 Å². The van der Waals surface area contributed by atoms with Gasteiger partial charge in [0, 0.05) is 10.7 Å². The van der Waals surface area contributed by atoms with Gasteiger partial charge in [-0.1, -0.05) is 122 Å². The lowest BCUT2D eigenvalue weighted by Crippen LogP contribution is -2.39. The topological polar surface area (TPSA) is 110 Å². The van der Waals surface area contributed by atoms with Gasteiger partial charge < -0.3 is 23.5 Å². The van der Waals surface area contributed by atoms with Gasteiger partial charge in [-0.3, -0.25) is 5.32 Å². The van der Waals surface area contributed by atoms with Crippen molar-refractivity contribution in [3.8, 4) is 0 Å². The first-order valence-electron chi connectivity index (χ1n) is 20.0. The van der Waals surface area contributed by atoms with E-state index in [0.717, 1.165) is 36.0 Å². The predicted octanol–water partition coefficient (Wildman–Crippen LogP) is 9.69. The number of benzene rings is 3. The summed E-state index contributed by atoms with van der Waals surface area (Å²) in [5.74, 6) is -0.276. The standard InChI is InChI=1S/C45H51N5O5S/c1-42(2,3)55-41(51)48-38-34-39(49-40(47-38)56-32-24-16-9-17-25-32)50(28-46-34)35-33-26-44(33,37-36(35)53-43(4,5)54-37)27-52-45(29-18-10-6-11-19-29,30-20-12-7-13-21-30)31-22-14-8-15-23-31/h6-8,10-15,18-23,28,32-33,35-37H,9,16-17,24-27H2,1-5H3,(H,47,48,49,51)/t33-,35-,36+,37+,44+/m1/s1. The highest BCUT2D eigenvalue weighted by molar-refractivity contribution is 7.99. The maximum Gasteiger partial charge on any atom is 0.413 e. The van der Waals surface area contributed by atoms with Crippen molar-refractivity contribution in [2.75, 3.05) is 11.9 Å². The fourth-order valence-corrected chi connectivity index (χ4v) is 10.6. The predicted molar refractivity (Wildman–Crippen MR) is 216 cm³/mol. The van der Waals surface area contributed by atoms with Gasteiger partial charge in [-0.05, 0) is 76.5 Å². The molecule has 3 saturated carbocycles. The average Bonchev–Trinajstić information content (AvgIpc) is 3.44. The van der Waals surface area contributed by atoms with Crippen molar-refractivity contribution in [2.24, 2.45) is 11.3 Å². The Kier molecular flexibility index (Phi) is 9.50. The van der Waals surface area contributed by atoms with Crippen LogP contribution in [0.25, 0.3) is 11.2 Å². The van der Waals surface area contributed by atoms with Crippen molar-refractivity contribution in [3.05, 3.63) is 114 Å². The van der Waals surface area contributed by atoms with E-state index in [4.69, 9.17) is 33.9 Å². The van der Waals surface area contributed by atoms with Crippen molar-refractivity contribution >= 4 is 34.8 Å². The van der Waals surface area contributed by atoms with Crippen LogP contribution in [0.15, 0.2) is 102 Å². The van der Waals surface area contributed by atoms with E-state index in [9.17, 15) is 4.79 Å². The van der Waals surface area contributed by atoms with Gasteiger partial charge in [-0.25, -0.2) is 19.7 Å². The molecule has 292 valence electrons. The molecule has 1 saturated heterocycles. The van der Waals surface area contributed by atoms with E-state index in [1.807, 2.05) is 59.1 Å². The van der Waals surface area contributed by atoms with Gasteiger partial charge in [0.15, 0.2) is 27.9 Å².